The Morgan fingerprint density at radius 1 is 1.00 bits per heavy atom. The summed E-state index contributed by atoms with van der Waals surface area (Å²) in [6.07, 6.45) is 8.10. The molecule has 2 aromatic rings. The van der Waals surface area contributed by atoms with E-state index in [9.17, 15) is 0 Å². The van der Waals surface area contributed by atoms with Crippen molar-refractivity contribution in [2.24, 2.45) is 11.8 Å². The average molecular weight is 254 g/mol. The van der Waals surface area contributed by atoms with Crippen molar-refractivity contribution in [3.63, 3.8) is 0 Å². The van der Waals surface area contributed by atoms with Crippen LogP contribution >= 0.6 is 0 Å². The van der Waals surface area contributed by atoms with Gasteiger partial charge >= 0.3 is 0 Å². The second-order valence-corrected chi connectivity index (χ2v) is 5.25. The first kappa shape index (κ1) is 10.7. The van der Waals surface area contributed by atoms with Gasteiger partial charge in [0, 0.05) is 13.1 Å². The van der Waals surface area contributed by atoms with E-state index in [4.69, 9.17) is 5.73 Å². The van der Waals surface area contributed by atoms with Gasteiger partial charge in [-0.15, -0.1) is 0 Å². The number of aromatic nitrogens is 4. The molecule has 6 heteroatoms. The van der Waals surface area contributed by atoms with E-state index in [1.807, 2.05) is 6.20 Å². The van der Waals surface area contributed by atoms with Gasteiger partial charge in [0.1, 0.15) is 23.0 Å². The SMILES string of the molecule is Nc1cncc(-c2cnc(N3CC4CC4C3)cn2)n1. The fraction of sp³-hybridized carbons (Fsp3) is 0.385. The number of nitrogen functional groups attached to an aromatic ring is 1. The molecule has 3 heterocycles. The van der Waals surface area contributed by atoms with Crippen LogP contribution in [0.3, 0.4) is 0 Å². The molecule has 4 rings (SSSR count). The number of hydrogen-bond acceptors (Lipinski definition) is 6. The molecule has 2 aliphatic rings. The van der Waals surface area contributed by atoms with E-state index in [2.05, 4.69) is 24.8 Å². The van der Waals surface area contributed by atoms with Crippen molar-refractivity contribution in [3.8, 4) is 11.4 Å². The third-order valence-corrected chi connectivity index (χ3v) is 3.86. The molecule has 2 atom stereocenters. The molecule has 0 spiro atoms. The van der Waals surface area contributed by atoms with Gasteiger partial charge in [0.25, 0.3) is 0 Å². The number of hydrogen-bond donors (Lipinski definition) is 1. The lowest BCUT2D eigenvalue weighted by molar-refractivity contribution is 0.802. The van der Waals surface area contributed by atoms with E-state index in [0.717, 1.165) is 30.7 Å². The molecule has 2 N–H and O–H groups in total. The van der Waals surface area contributed by atoms with Gasteiger partial charge in [-0.3, -0.25) is 4.98 Å². The molecule has 1 aliphatic heterocycles. The van der Waals surface area contributed by atoms with Crippen LogP contribution in [0.25, 0.3) is 11.4 Å². The van der Waals surface area contributed by atoms with Crippen LogP contribution in [0.15, 0.2) is 24.8 Å². The largest absolute Gasteiger partial charge is 0.382 e. The zero-order chi connectivity index (χ0) is 12.8. The fourth-order valence-corrected chi connectivity index (χ4v) is 2.71. The molecular formula is C13H14N6. The Kier molecular flexibility index (Phi) is 2.18. The van der Waals surface area contributed by atoms with Crippen LogP contribution in [0.4, 0.5) is 11.6 Å². The van der Waals surface area contributed by atoms with Gasteiger partial charge in [0.15, 0.2) is 0 Å². The molecule has 6 nitrogen and oxygen atoms in total. The first-order chi connectivity index (χ1) is 9.29. The number of fused-ring (bicyclic) bond motifs is 1. The Bertz CT molecular complexity index is 601. The summed E-state index contributed by atoms with van der Waals surface area (Å²) in [6, 6.07) is 0. The van der Waals surface area contributed by atoms with Crippen LogP contribution in [0, 0.1) is 11.8 Å². The van der Waals surface area contributed by atoms with Crippen molar-refractivity contribution < 1.29 is 0 Å². The monoisotopic (exact) mass is 254 g/mol. The minimum atomic E-state index is 0.392. The quantitative estimate of drug-likeness (QED) is 0.860. The van der Waals surface area contributed by atoms with Gasteiger partial charge in [-0.05, 0) is 18.3 Å². The molecule has 2 fully saturated rings. The molecule has 0 aromatic carbocycles. The fourth-order valence-electron chi connectivity index (χ4n) is 2.71. The maximum absolute atomic E-state index is 5.62. The minimum Gasteiger partial charge on any atom is -0.382 e. The minimum absolute atomic E-state index is 0.392. The lowest BCUT2D eigenvalue weighted by atomic mass is 10.3. The van der Waals surface area contributed by atoms with Gasteiger partial charge in [-0.1, -0.05) is 0 Å². The Hall–Kier alpha value is -2.24. The van der Waals surface area contributed by atoms with Gasteiger partial charge in [-0.25, -0.2) is 15.0 Å². The Morgan fingerprint density at radius 3 is 2.53 bits per heavy atom. The standard InChI is InChI=1S/C13H14N6/c14-12-4-15-2-11(18-12)10-3-17-13(5-16-10)19-6-8-1-9(8)7-19/h2-5,8-9H,1,6-7H2,(H2,14,18). The number of rotatable bonds is 2. The molecule has 0 bridgehead atoms. The van der Waals surface area contributed by atoms with Crippen LogP contribution in [0.5, 0.6) is 0 Å². The predicted molar refractivity (Wildman–Crippen MR) is 71.3 cm³/mol. The van der Waals surface area contributed by atoms with Crippen molar-refractivity contribution in [1.29, 1.82) is 0 Å². The van der Waals surface area contributed by atoms with Gasteiger partial charge < -0.3 is 10.6 Å². The van der Waals surface area contributed by atoms with Crippen LogP contribution in [-0.2, 0) is 0 Å². The van der Waals surface area contributed by atoms with Crippen LogP contribution in [0.2, 0.25) is 0 Å². The van der Waals surface area contributed by atoms with E-state index in [-0.39, 0.29) is 0 Å². The van der Waals surface area contributed by atoms with Gasteiger partial charge in [0.05, 0.1) is 24.8 Å². The molecule has 1 aliphatic carbocycles. The molecular weight excluding hydrogens is 240 g/mol. The van der Waals surface area contributed by atoms with E-state index in [1.54, 1.807) is 12.4 Å². The van der Waals surface area contributed by atoms with Crippen molar-refractivity contribution >= 4 is 11.6 Å². The lowest BCUT2D eigenvalue weighted by Gasteiger charge is -2.18. The van der Waals surface area contributed by atoms with Crippen molar-refractivity contribution in [3.05, 3.63) is 24.8 Å². The highest BCUT2D eigenvalue weighted by molar-refractivity contribution is 5.55. The Labute approximate surface area is 110 Å². The molecule has 96 valence electrons. The van der Waals surface area contributed by atoms with E-state index in [1.165, 1.54) is 12.6 Å². The molecule has 2 unspecified atom stereocenters. The zero-order valence-electron chi connectivity index (χ0n) is 10.4. The summed E-state index contributed by atoms with van der Waals surface area (Å²) in [4.78, 5) is 19.4. The molecule has 1 saturated heterocycles. The molecule has 19 heavy (non-hydrogen) atoms. The third-order valence-electron chi connectivity index (χ3n) is 3.86. The third kappa shape index (κ3) is 1.89. The smallest absolute Gasteiger partial charge is 0.147 e. The first-order valence-electron chi connectivity index (χ1n) is 6.44. The number of piperidine rings is 1. The number of nitrogens with zero attached hydrogens (tertiary/aromatic N) is 5. The summed E-state index contributed by atoms with van der Waals surface area (Å²) >= 11 is 0. The summed E-state index contributed by atoms with van der Waals surface area (Å²) in [5.74, 6) is 3.12. The van der Waals surface area contributed by atoms with Gasteiger partial charge in [-0.2, -0.15) is 0 Å². The maximum Gasteiger partial charge on any atom is 0.147 e. The second-order valence-electron chi connectivity index (χ2n) is 5.25. The summed E-state index contributed by atoms with van der Waals surface area (Å²) in [5, 5.41) is 0. The highest BCUT2D eigenvalue weighted by Crippen LogP contribution is 2.45. The highest BCUT2D eigenvalue weighted by Gasteiger charge is 2.45. The number of anilines is 2. The predicted octanol–water partition coefficient (Wildman–Crippen LogP) is 0.972. The van der Waals surface area contributed by atoms with E-state index >= 15 is 0 Å². The average Bonchev–Trinajstić information content (AvgIpc) is 3.05. The molecule has 0 radical (unpaired) electrons. The Balaban J connectivity index is 1.58. The lowest BCUT2D eigenvalue weighted by Crippen LogP contribution is -2.22. The summed E-state index contributed by atoms with van der Waals surface area (Å²) in [6.45, 7) is 2.24. The molecule has 2 aromatic heterocycles. The van der Waals surface area contributed by atoms with Crippen LogP contribution in [-0.4, -0.2) is 33.0 Å². The maximum atomic E-state index is 5.62. The second kappa shape index (κ2) is 3.88. The highest BCUT2D eigenvalue weighted by atomic mass is 15.2. The summed E-state index contributed by atoms with van der Waals surface area (Å²) in [7, 11) is 0. The zero-order valence-corrected chi connectivity index (χ0v) is 10.4. The first-order valence-corrected chi connectivity index (χ1v) is 6.44. The molecule has 1 saturated carbocycles. The van der Waals surface area contributed by atoms with E-state index in [0.29, 0.717) is 17.2 Å². The summed E-state index contributed by atoms with van der Waals surface area (Å²) in [5.41, 5.74) is 6.97. The molecule has 0 amide bonds. The number of nitrogens with two attached hydrogens (primary N) is 1. The van der Waals surface area contributed by atoms with Gasteiger partial charge in [0.2, 0.25) is 0 Å². The summed E-state index contributed by atoms with van der Waals surface area (Å²) < 4.78 is 0. The van der Waals surface area contributed by atoms with E-state index < -0.39 is 0 Å². The van der Waals surface area contributed by atoms with Crippen molar-refractivity contribution in [2.45, 2.75) is 6.42 Å². The normalized spacial score (nSPS) is 24.3. The van der Waals surface area contributed by atoms with Crippen molar-refractivity contribution in [2.75, 3.05) is 23.7 Å². The topological polar surface area (TPSA) is 80.8 Å². The van der Waals surface area contributed by atoms with Crippen LogP contribution < -0.4 is 10.6 Å². The van der Waals surface area contributed by atoms with Crippen LogP contribution in [0.1, 0.15) is 6.42 Å². The van der Waals surface area contributed by atoms with Crippen molar-refractivity contribution in [1.82, 2.24) is 19.9 Å². The Morgan fingerprint density at radius 2 is 1.84 bits per heavy atom.